The van der Waals surface area contributed by atoms with Crippen LogP contribution in [0.1, 0.15) is 54.4 Å². The van der Waals surface area contributed by atoms with E-state index >= 15 is 0 Å². The van der Waals surface area contributed by atoms with Crippen molar-refractivity contribution in [1.82, 2.24) is 0 Å². The van der Waals surface area contributed by atoms with Crippen molar-refractivity contribution in [3.63, 3.8) is 0 Å². The Bertz CT molecular complexity index is 558. The molecule has 0 aromatic heterocycles. The monoisotopic (exact) mass is 430 g/mol. The number of rotatable bonds is 4. The van der Waals surface area contributed by atoms with E-state index in [1.54, 1.807) is 6.08 Å². The van der Waals surface area contributed by atoms with E-state index in [1.807, 2.05) is 6.08 Å². The average molecular weight is 431 g/mol. The summed E-state index contributed by atoms with van der Waals surface area (Å²) >= 11 is 0. The molecule has 7 heteroatoms. The Hall–Kier alpha value is -0.476. The number of ether oxygens (including phenoxy) is 1. The minimum atomic E-state index is -2.14. The van der Waals surface area contributed by atoms with Crippen molar-refractivity contribution in [2.45, 2.75) is 109 Å². The van der Waals surface area contributed by atoms with Gasteiger partial charge in [0.1, 0.15) is 0 Å². The lowest BCUT2D eigenvalue weighted by molar-refractivity contribution is -0.147. The summed E-state index contributed by atoms with van der Waals surface area (Å²) in [6, 6.07) is 0. The summed E-state index contributed by atoms with van der Waals surface area (Å²) in [5.41, 5.74) is 0. The van der Waals surface area contributed by atoms with Crippen LogP contribution < -0.4 is 0 Å². The number of carbonyl (C=O) groups excluding carboxylic acids is 1. The highest BCUT2D eigenvalue weighted by atomic mass is 28.4. The first-order chi connectivity index (χ1) is 12.5. The van der Waals surface area contributed by atoms with Crippen molar-refractivity contribution in [2.75, 3.05) is 6.61 Å². The maximum atomic E-state index is 12.4. The van der Waals surface area contributed by atoms with Crippen molar-refractivity contribution in [1.29, 1.82) is 0 Å². The smallest absolute Gasteiger partial charge is 0.308 e. The maximum absolute atomic E-state index is 12.4. The predicted molar refractivity (Wildman–Crippen MR) is 119 cm³/mol. The van der Waals surface area contributed by atoms with Crippen molar-refractivity contribution in [3.05, 3.63) is 12.2 Å². The Morgan fingerprint density at radius 3 is 1.96 bits per heavy atom. The predicted octanol–water partition coefficient (Wildman–Crippen LogP) is 5.02. The number of esters is 1. The van der Waals surface area contributed by atoms with Crippen LogP contribution in [0.15, 0.2) is 12.2 Å². The number of cyclic esters (lactones) is 1. The summed E-state index contributed by atoms with van der Waals surface area (Å²) in [6.45, 7) is 22.1. The Kier molecular flexibility index (Phi) is 8.33. The van der Waals surface area contributed by atoms with Crippen molar-refractivity contribution in [3.8, 4) is 0 Å². The number of hydrogen-bond acceptors (Lipinski definition) is 5. The van der Waals surface area contributed by atoms with E-state index in [9.17, 15) is 9.90 Å². The van der Waals surface area contributed by atoms with Gasteiger partial charge in [-0.05, 0) is 36.3 Å². The third-order valence-corrected chi connectivity index (χ3v) is 15.4. The molecule has 0 fully saturated rings. The van der Waals surface area contributed by atoms with Crippen molar-refractivity contribution >= 4 is 22.6 Å². The molecule has 0 saturated heterocycles. The van der Waals surface area contributed by atoms with Gasteiger partial charge in [0.05, 0.1) is 31.3 Å². The van der Waals surface area contributed by atoms with Crippen LogP contribution in [0, 0.1) is 0 Å². The van der Waals surface area contributed by atoms with Gasteiger partial charge in [0, 0.05) is 6.42 Å². The first kappa shape index (κ1) is 25.6. The molecule has 1 aliphatic rings. The molecule has 0 aliphatic carbocycles. The molecule has 0 aromatic carbocycles. The van der Waals surface area contributed by atoms with Crippen LogP contribution in [0.5, 0.6) is 0 Å². The molecular weight excluding hydrogens is 388 g/mol. The van der Waals surface area contributed by atoms with Crippen molar-refractivity contribution < 1.29 is 23.5 Å². The molecule has 1 heterocycles. The van der Waals surface area contributed by atoms with Crippen LogP contribution in [0.4, 0.5) is 0 Å². The zero-order chi connectivity index (χ0) is 22.0. The molecular formula is C21H42O5Si2. The molecule has 0 spiro atoms. The molecule has 28 heavy (non-hydrogen) atoms. The molecule has 1 rings (SSSR count). The fourth-order valence-electron chi connectivity index (χ4n) is 2.39. The van der Waals surface area contributed by atoms with E-state index in [0.717, 1.165) is 0 Å². The number of carbonyl (C=O) groups is 1. The second-order valence-corrected chi connectivity index (χ2v) is 20.4. The highest BCUT2D eigenvalue weighted by Crippen LogP contribution is 2.41. The minimum absolute atomic E-state index is 0.0109. The Morgan fingerprint density at radius 1 is 0.964 bits per heavy atom. The fourth-order valence-corrected chi connectivity index (χ4v) is 4.98. The van der Waals surface area contributed by atoms with Gasteiger partial charge in [-0.25, -0.2) is 0 Å². The first-order valence-electron chi connectivity index (χ1n) is 10.3. The van der Waals surface area contributed by atoms with Gasteiger partial charge in [0.25, 0.3) is 0 Å². The molecule has 0 saturated carbocycles. The lowest BCUT2D eigenvalue weighted by Crippen LogP contribution is -2.52. The molecule has 1 N–H and O–H groups in total. The van der Waals surface area contributed by atoms with E-state index < -0.39 is 34.9 Å². The van der Waals surface area contributed by atoms with Crippen LogP contribution in [-0.4, -0.2) is 52.6 Å². The lowest BCUT2D eigenvalue weighted by atomic mass is 10.1. The van der Waals surface area contributed by atoms with E-state index in [2.05, 4.69) is 67.7 Å². The number of hydrogen-bond donors (Lipinski definition) is 1. The lowest BCUT2D eigenvalue weighted by Gasteiger charge is -2.44. The summed E-state index contributed by atoms with van der Waals surface area (Å²) in [6.07, 6.45) is 2.74. The van der Waals surface area contributed by atoms with Crippen molar-refractivity contribution in [2.24, 2.45) is 0 Å². The SMILES string of the molecule is CC(C)(C)[Si](C)(C)O[C@H]1CC(=O)OCC[C@H](O)/C=C/[C@H]1O[Si](C)(C)C(C)(C)C. The van der Waals surface area contributed by atoms with Gasteiger partial charge < -0.3 is 18.7 Å². The molecule has 0 aromatic rings. The molecule has 0 amide bonds. The zero-order valence-corrected chi connectivity index (χ0v) is 21.6. The molecule has 5 nitrogen and oxygen atoms in total. The highest BCUT2D eigenvalue weighted by molar-refractivity contribution is 6.74. The Morgan fingerprint density at radius 2 is 1.46 bits per heavy atom. The minimum Gasteiger partial charge on any atom is -0.465 e. The normalized spacial score (nSPS) is 27.2. The zero-order valence-electron chi connectivity index (χ0n) is 19.6. The largest absolute Gasteiger partial charge is 0.465 e. The molecule has 3 atom stereocenters. The summed E-state index contributed by atoms with van der Waals surface area (Å²) < 4.78 is 18.7. The fraction of sp³-hybridized carbons (Fsp3) is 0.857. The summed E-state index contributed by atoms with van der Waals surface area (Å²) in [5, 5.41) is 10.2. The molecule has 164 valence electrons. The van der Waals surface area contributed by atoms with Crippen LogP contribution in [-0.2, 0) is 18.4 Å². The number of aliphatic hydroxyl groups is 1. The quantitative estimate of drug-likeness (QED) is 0.385. The van der Waals surface area contributed by atoms with Crippen LogP contribution in [0.3, 0.4) is 0 Å². The van der Waals surface area contributed by atoms with E-state index in [0.29, 0.717) is 6.42 Å². The van der Waals surface area contributed by atoms with E-state index in [1.165, 1.54) is 0 Å². The molecule has 1 aliphatic heterocycles. The van der Waals surface area contributed by atoms with Gasteiger partial charge in [-0.1, -0.05) is 53.7 Å². The number of aliphatic hydroxyl groups excluding tert-OH is 1. The third kappa shape index (κ3) is 7.09. The average Bonchev–Trinajstić information content (AvgIpc) is 2.47. The molecule has 0 unspecified atom stereocenters. The van der Waals surface area contributed by atoms with E-state index in [4.69, 9.17) is 13.6 Å². The second-order valence-electron chi connectivity index (χ2n) is 10.9. The Labute approximate surface area is 174 Å². The first-order valence-corrected chi connectivity index (χ1v) is 16.2. The second kappa shape index (κ2) is 9.12. The van der Waals surface area contributed by atoms with Crippen LogP contribution in [0.25, 0.3) is 0 Å². The standard InChI is InChI=1S/C21H42O5Si2/c1-20(2,3)27(7,8)25-17-12-11-16(22)13-14-24-19(23)15-18(17)26-28(9,10)21(4,5)6/h11-12,16-18,22H,13-15H2,1-10H3/b12-11+/t16-,17-,18+/m1/s1. The van der Waals surface area contributed by atoms with E-state index in [-0.39, 0.29) is 29.1 Å². The summed E-state index contributed by atoms with van der Waals surface area (Å²) in [7, 11) is -4.26. The Balaban J connectivity index is 3.30. The highest BCUT2D eigenvalue weighted by Gasteiger charge is 2.44. The van der Waals surface area contributed by atoms with Crippen LogP contribution in [0.2, 0.25) is 36.3 Å². The topological polar surface area (TPSA) is 65.0 Å². The van der Waals surface area contributed by atoms with Gasteiger partial charge in [0.15, 0.2) is 16.6 Å². The van der Waals surface area contributed by atoms with Gasteiger partial charge in [-0.3, -0.25) is 4.79 Å². The van der Waals surface area contributed by atoms with Gasteiger partial charge in [-0.15, -0.1) is 0 Å². The summed E-state index contributed by atoms with van der Waals surface area (Å²) in [4.78, 5) is 12.4. The van der Waals surface area contributed by atoms with Gasteiger partial charge in [0.2, 0.25) is 0 Å². The summed E-state index contributed by atoms with van der Waals surface area (Å²) in [5.74, 6) is -0.296. The van der Waals surface area contributed by atoms with Crippen LogP contribution >= 0.6 is 0 Å². The van der Waals surface area contributed by atoms with Gasteiger partial charge >= 0.3 is 5.97 Å². The third-order valence-electron chi connectivity index (χ3n) is 6.42. The molecule has 0 radical (unpaired) electrons. The van der Waals surface area contributed by atoms with Gasteiger partial charge in [-0.2, -0.15) is 0 Å². The maximum Gasteiger partial charge on any atom is 0.308 e. The molecule has 0 bridgehead atoms.